The molecule has 5 heteroatoms. The van der Waals surface area contributed by atoms with Crippen LogP contribution >= 0.6 is 0 Å². The Labute approximate surface area is 133 Å². The Morgan fingerprint density at radius 1 is 1.26 bits per heavy atom. The van der Waals surface area contributed by atoms with Crippen molar-refractivity contribution in [1.82, 2.24) is 14.8 Å². The standard InChI is InChI=1S/C18H15N3O2/c1-2-12-7-8-13(10-19-12)21-17-14-6-4-3-5-11(14)9-15(17)16(20-21)18(22)23/h3-8,10H,2,9H2,1H3,(H,22,23). The maximum Gasteiger partial charge on any atom is 0.356 e. The molecule has 0 saturated heterocycles. The first-order valence-electron chi connectivity index (χ1n) is 7.57. The van der Waals surface area contributed by atoms with Crippen molar-refractivity contribution in [2.75, 3.05) is 0 Å². The number of aromatic nitrogens is 3. The van der Waals surface area contributed by atoms with Crippen LogP contribution in [0.25, 0.3) is 16.9 Å². The molecule has 0 unspecified atom stereocenters. The van der Waals surface area contributed by atoms with Crippen molar-refractivity contribution in [1.29, 1.82) is 0 Å². The van der Waals surface area contributed by atoms with Crippen molar-refractivity contribution in [3.05, 3.63) is 65.1 Å². The maximum atomic E-state index is 11.6. The summed E-state index contributed by atoms with van der Waals surface area (Å²) in [5.74, 6) is -0.994. The van der Waals surface area contributed by atoms with Crippen molar-refractivity contribution >= 4 is 5.97 Å². The van der Waals surface area contributed by atoms with Gasteiger partial charge in [0.2, 0.25) is 0 Å². The third-order valence-corrected chi connectivity index (χ3v) is 4.24. The van der Waals surface area contributed by atoms with Crippen LogP contribution in [-0.2, 0) is 12.8 Å². The molecule has 1 aromatic carbocycles. The average Bonchev–Trinajstić information content (AvgIpc) is 3.12. The Balaban J connectivity index is 1.95. The van der Waals surface area contributed by atoms with Gasteiger partial charge in [-0.1, -0.05) is 31.2 Å². The highest BCUT2D eigenvalue weighted by Gasteiger charge is 2.30. The van der Waals surface area contributed by atoms with Crippen LogP contribution in [0.2, 0.25) is 0 Å². The third kappa shape index (κ3) is 2.04. The van der Waals surface area contributed by atoms with E-state index in [9.17, 15) is 9.90 Å². The van der Waals surface area contributed by atoms with Gasteiger partial charge in [0.1, 0.15) is 0 Å². The monoisotopic (exact) mass is 305 g/mol. The Morgan fingerprint density at radius 2 is 2.09 bits per heavy atom. The van der Waals surface area contributed by atoms with Crippen LogP contribution in [0.4, 0.5) is 0 Å². The zero-order valence-electron chi connectivity index (χ0n) is 12.7. The van der Waals surface area contributed by atoms with Crippen molar-refractivity contribution < 1.29 is 9.90 Å². The lowest BCUT2D eigenvalue weighted by molar-refractivity contribution is 0.0689. The lowest BCUT2D eigenvalue weighted by Gasteiger charge is -2.07. The molecular weight excluding hydrogens is 290 g/mol. The minimum Gasteiger partial charge on any atom is -0.476 e. The molecule has 0 aliphatic heterocycles. The van der Waals surface area contributed by atoms with Crippen LogP contribution in [-0.4, -0.2) is 25.8 Å². The zero-order valence-corrected chi connectivity index (χ0v) is 12.7. The summed E-state index contributed by atoms with van der Waals surface area (Å²) in [7, 11) is 0. The number of pyridine rings is 1. The summed E-state index contributed by atoms with van der Waals surface area (Å²) in [6, 6.07) is 11.9. The molecule has 3 aromatic rings. The summed E-state index contributed by atoms with van der Waals surface area (Å²) >= 11 is 0. The van der Waals surface area contributed by atoms with Gasteiger partial charge < -0.3 is 5.11 Å². The number of carboxylic acids is 1. The smallest absolute Gasteiger partial charge is 0.356 e. The number of hydrogen-bond donors (Lipinski definition) is 1. The van der Waals surface area contributed by atoms with Gasteiger partial charge in [0.05, 0.1) is 17.6 Å². The molecule has 0 radical (unpaired) electrons. The number of aromatic carboxylic acids is 1. The fourth-order valence-corrected chi connectivity index (χ4v) is 3.10. The van der Waals surface area contributed by atoms with Gasteiger partial charge in [-0.15, -0.1) is 0 Å². The number of benzene rings is 1. The summed E-state index contributed by atoms with van der Waals surface area (Å²) in [6.45, 7) is 2.05. The summed E-state index contributed by atoms with van der Waals surface area (Å²) in [6.07, 6.45) is 3.22. The molecule has 4 rings (SSSR count). The number of aryl methyl sites for hydroxylation is 1. The molecule has 23 heavy (non-hydrogen) atoms. The second kappa shape index (κ2) is 5.05. The summed E-state index contributed by atoms with van der Waals surface area (Å²) < 4.78 is 1.71. The second-order valence-corrected chi connectivity index (χ2v) is 5.59. The molecule has 0 amide bonds. The summed E-state index contributed by atoms with van der Waals surface area (Å²) in [5, 5.41) is 13.8. The Kier molecular flexibility index (Phi) is 3.01. The largest absolute Gasteiger partial charge is 0.476 e. The molecule has 114 valence electrons. The van der Waals surface area contributed by atoms with Gasteiger partial charge in [-0.2, -0.15) is 5.10 Å². The maximum absolute atomic E-state index is 11.6. The number of nitrogens with zero attached hydrogens (tertiary/aromatic N) is 3. The summed E-state index contributed by atoms with van der Waals surface area (Å²) in [5.41, 5.74) is 5.72. The molecule has 1 aliphatic rings. The summed E-state index contributed by atoms with van der Waals surface area (Å²) in [4.78, 5) is 16.0. The Morgan fingerprint density at radius 3 is 2.78 bits per heavy atom. The van der Waals surface area contributed by atoms with Gasteiger partial charge >= 0.3 is 5.97 Å². The number of carboxylic acid groups (broad SMARTS) is 1. The zero-order chi connectivity index (χ0) is 16.0. The molecule has 0 bridgehead atoms. The van der Waals surface area contributed by atoms with E-state index in [0.29, 0.717) is 6.42 Å². The first-order chi connectivity index (χ1) is 11.2. The van der Waals surface area contributed by atoms with E-state index in [-0.39, 0.29) is 5.69 Å². The average molecular weight is 305 g/mol. The lowest BCUT2D eigenvalue weighted by Crippen LogP contribution is -2.04. The molecule has 0 spiro atoms. The van der Waals surface area contributed by atoms with E-state index in [1.54, 1.807) is 10.9 Å². The van der Waals surface area contributed by atoms with Crippen LogP contribution in [0.1, 0.15) is 34.2 Å². The fourth-order valence-electron chi connectivity index (χ4n) is 3.10. The van der Waals surface area contributed by atoms with Crippen LogP contribution < -0.4 is 0 Å². The van der Waals surface area contributed by atoms with Gasteiger partial charge in [0.25, 0.3) is 0 Å². The predicted molar refractivity (Wildman–Crippen MR) is 85.9 cm³/mol. The number of fused-ring (bicyclic) bond motifs is 3. The molecule has 1 aliphatic carbocycles. The fraction of sp³-hybridized carbons (Fsp3) is 0.167. The molecular formula is C18H15N3O2. The topological polar surface area (TPSA) is 68.0 Å². The molecule has 0 saturated carbocycles. The quantitative estimate of drug-likeness (QED) is 0.631. The minimum absolute atomic E-state index is 0.121. The van der Waals surface area contributed by atoms with Crippen LogP contribution in [0, 0.1) is 0 Å². The molecule has 5 nitrogen and oxygen atoms in total. The minimum atomic E-state index is -0.994. The number of rotatable bonds is 3. The van der Waals surface area contributed by atoms with Crippen LogP contribution in [0.5, 0.6) is 0 Å². The highest BCUT2D eigenvalue weighted by molar-refractivity contribution is 5.92. The predicted octanol–water partition coefficient (Wildman–Crippen LogP) is 3.10. The number of hydrogen-bond acceptors (Lipinski definition) is 3. The van der Waals surface area contributed by atoms with Gasteiger partial charge in [-0.05, 0) is 24.1 Å². The van der Waals surface area contributed by atoms with Crippen LogP contribution in [0.15, 0.2) is 42.6 Å². The highest BCUT2D eigenvalue weighted by Crippen LogP contribution is 2.39. The lowest BCUT2D eigenvalue weighted by atomic mass is 10.1. The third-order valence-electron chi connectivity index (χ3n) is 4.24. The van der Waals surface area contributed by atoms with Crippen molar-refractivity contribution in [2.24, 2.45) is 0 Å². The van der Waals surface area contributed by atoms with Gasteiger partial charge in [-0.25, -0.2) is 9.48 Å². The molecule has 2 heterocycles. The van der Waals surface area contributed by atoms with Crippen molar-refractivity contribution in [3.63, 3.8) is 0 Å². The molecule has 2 aromatic heterocycles. The van der Waals surface area contributed by atoms with Crippen molar-refractivity contribution in [2.45, 2.75) is 19.8 Å². The number of carbonyl (C=O) groups is 1. The van der Waals surface area contributed by atoms with E-state index in [1.165, 1.54) is 0 Å². The van der Waals surface area contributed by atoms with E-state index in [4.69, 9.17) is 0 Å². The Bertz CT molecular complexity index is 911. The van der Waals surface area contributed by atoms with E-state index in [0.717, 1.165) is 40.2 Å². The van der Waals surface area contributed by atoms with E-state index < -0.39 is 5.97 Å². The van der Waals surface area contributed by atoms with Gasteiger partial charge in [0, 0.05) is 23.2 Å². The molecule has 0 fully saturated rings. The van der Waals surface area contributed by atoms with E-state index >= 15 is 0 Å². The second-order valence-electron chi connectivity index (χ2n) is 5.59. The van der Waals surface area contributed by atoms with E-state index in [1.807, 2.05) is 43.3 Å². The van der Waals surface area contributed by atoms with E-state index in [2.05, 4.69) is 10.1 Å². The first-order valence-corrected chi connectivity index (χ1v) is 7.57. The SMILES string of the molecule is CCc1ccc(-n2nc(C(=O)O)c3c2-c2ccccc2C3)cn1. The molecule has 1 N–H and O–H groups in total. The van der Waals surface area contributed by atoms with Gasteiger partial charge in [0.15, 0.2) is 5.69 Å². The normalized spacial score (nSPS) is 12.0. The first kappa shape index (κ1) is 13.7. The van der Waals surface area contributed by atoms with Crippen LogP contribution in [0.3, 0.4) is 0 Å². The highest BCUT2D eigenvalue weighted by atomic mass is 16.4. The Hall–Kier alpha value is -2.95. The van der Waals surface area contributed by atoms with Gasteiger partial charge in [-0.3, -0.25) is 4.98 Å². The molecule has 0 atom stereocenters. The van der Waals surface area contributed by atoms with Crippen molar-refractivity contribution in [3.8, 4) is 16.9 Å².